The molecule has 1 aliphatic rings. The lowest BCUT2D eigenvalue weighted by Gasteiger charge is -2.23. The van der Waals surface area contributed by atoms with Crippen molar-refractivity contribution in [2.45, 2.75) is 43.0 Å². The minimum Gasteiger partial charge on any atom is -0.480 e. The van der Waals surface area contributed by atoms with Crippen LogP contribution in [0.4, 0.5) is 0 Å². The number of aliphatic carboxylic acids is 1. The molecule has 0 radical (unpaired) electrons. The van der Waals surface area contributed by atoms with Crippen molar-refractivity contribution in [2.24, 2.45) is 0 Å². The number of nitrogens with zero attached hydrogens (tertiary/aromatic N) is 1. The molecule has 0 aliphatic carbocycles. The summed E-state index contributed by atoms with van der Waals surface area (Å²) in [6.07, 6.45) is 0.963. The quantitative estimate of drug-likeness (QED) is 0.821. The Morgan fingerprint density at radius 3 is 2.68 bits per heavy atom. The molecule has 0 spiro atoms. The van der Waals surface area contributed by atoms with Gasteiger partial charge in [-0.25, -0.2) is 8.42 Å². The fraction of sp³-hybridized carbons (Fsp3) is 0.538. The average Bonchev–Trinajstić information content (AvgIpc) is 3.07. The van der Waals surface area contributed by atoms with E-state index in [9.17, 15) is 18.0 Å². The number of aryl methyl sites for hydroxylation is 1. The number of carboxylic acids is 1. The van der Waals surface area contributed by atoms with E-state index in [0.717, 1.165) is 16.2 Å². The summed E-state index contributed by atoms with van der Waals surface area (Å²) in [4.78, 5) is 23.9. The number of nitrogens with one attached hydrogen (secondary N) is 1. The molecule has 0 saturated carbocycles. The summed E-state index contributed by atoms with van der Waals surface area (Å²) in [5, 5.41) is 11.2. The maximum atomic E-state index is 12.6. The van der Waals surface area contributed by atoms with Gasteiger partial charge < -0.3 is 10.4 Å². The van der Waals surface area contributed by atoms with Gasteiger partial charge in [-0.2, -0.15) is 4.31 Å². The molecule has 7 nitrogen and oxygen atoms in total. The molecule has 0 bridgehead atoms. The fourth-order valence-electron chi connectivity index (χ4n) is 2.33. The molecule has 122 valence electrons. The number of sulfonamides is 1. The number of thiophene rings is 1. The lowest BCUT2D eigenvalue weighted by atomic mass is 10.2. The molecule has 1 aromatic rings. The summed E-state index contributed by atoms with van der Waals surface area (Å²) in [5.41, 5.74) is 0. The topological polar surface area (TPSA) is 104 Å². The SMILES string of the molecule is Cc1ccc(S(=O)(=O)N2CCCC2C(=O)N[C@H](C)C(=O)O)s1. The summed E-state index contributed by atoms with van der Waals surface area (Å²) in [6, 6.07) is 1.34. The lowest BCUT2D eigenvalue weighted by Crippen LogP contribution is -2.49. The predicted molar refractivity (Wildman–Crippen MR) is 81.2 cm³/mol. The number of rotatable bonds is 5. The summed E-state index contributed by atoms with van der Waals surface area (Å²) in [6.45, 7) is 3.42. The number of hydrogen-bond donors (Lipinski definition) is 2. The second kappa shape index (κ2) is 6.35. The summed E-state index contributed by atoms with van der Waals surface area (Å²) in [5.74, 6) is -1.72. The molecule has 1 saturated heterocycles. The number of amides is 1. The van der Waals surface area contributed by atoms with Crippen LogP contribution < -0.4 is 5.32 Å². The van der Waals surface area contributed by atoms with E-state index in [2.05, 4.69) is 5.32 Å². The molecule has 1 unspecified atom stereocenters. The number of carbonyl (C=O) groups is 2. The Bertz CT molecular complexity index is 682. The van der Waals surface area contributed by atoms with Gasteiger partial charge in [-0.3, -0.25) is 9.59 Å². The number of hydrogen-bond acceptors (Lipinski definition) is 5. The molecule has 22 heavy (non-hydrogen) atoms. The maximum Gasteiger partial charge on any atom is 0.325 e. The second-order valence-corrected chi connectivity index (χ2v) is 8.61. The van der Waals surface area contributed by atoms with E-state index in [4.69, 9.17) is 5.11 Å². The van der Waals surface area contributed by atoms with Gasteiger partial charge in [0.2, 0.25) is 5.91 Å². The highest BCUT2D eigenvalue weighted by Crippen LogP contribution is 2.30. The van der Waals surface area contributed by atoms with E-state index in [1.165, 1.54) is 17.3 Å². The van der Waals surface area contributed by atoms with Gasteiger partial charge in [0.15, 0.2) is 0 Å². The Hall–Kier alpha value is -1.45. The zero-order valence-corrected chi connectivity index (χ0v) is 13.9. The molecule has 1 amide bonds. The van der Waals surface area contributed by atoms with Gasteiger partial charge in [-0.1, -0.05) is 0 Å². The normalized spacial score (nSPS) is 20.7. The van der Waals surface area contributed by atoms with Crippen molar-refractivity contribution >= 4 is 33.2 Å². The van der Waals surface area contributed by atoms with Crippen LogP contribution in [-0.4, -0.2) is 48.3 Å². The third kappa shape index (κ3) is 3.31. The molecule has 2 N–H and O–H groups in total. The minimum atomic E-state index is -3.72. The van der Waals surface area contributed by atoms with Crippen molar-refractivity contribution in [1.82, 2.24) is 9.62 Å². The van der Waals surface area contributed by atoms with Crippen LogP contribution in [0.25, 0.3) is 0 Å². The second-order valence-electron chi connectivity index (χ2n) is 5.21. The first-order valence-corrected chi connectivity index (χ1v) is 9.10. The summed E-state index contributed by atoms with van der Waals surface area (Å²) in [7, 11) is -3.72. The molecule has 1 fully saturated rings. The van der Waals surface area contributed by atoms with Crippen molar-refractivity contribution in [1.29, 1.82) is 0 Å². The maximum absolute atomic E-state index is 12.6. The molecular weight excluding hydrogens is 328 g/mol. The van der Waals surface area contributed by atoms with Gasteiger partial charge in [0, 0.05) is 11.4 Å². The zero-order valence-electron chi connectivity index (χ0n) is 12.3. The monoisotopic (exact) mass is 346 g/mol. The van der Waals surface area contributed by atoms with E-state index >= 15 is 0 Å². The van der Waals surface area contributed by atoms with E-state index in [1.807, 2.05) is 6.92 Å². The third-order valence-electron chi connectivity index (χ3n) is 3.51. The largest absolute Gasteiger partial charge is 0.480 e. The van der Waals surface area contributed by atoms with Gasteiger partial charge in [0.1, 0.15) is 16.3 Å². The minimum absolute atomic E-state index is 0.205. The van der Waals surface area contributed by atoms with Gasteiger partial charge in [0.25, 0.3) is 10.0 Å². The fourth-order valence-corrected chi connectivity index (χ4v) is 5.40. The average molecular weight is 346 g/mol. The highest BCUT2D eigenvalue weighted by molar-refractivity contribution is 7.91. The van der Waals surface area contributed by atoms with Crippen molar-refractivity contribution in [2.75, 3.05) is 6.54 Å². The van der Waals surface area contributed by atoms with Crippen LogP contribution in [0.15, 0.2) is 16.3 Å². The van der Waals surface area contributed by atoms with Crippen LogP contribution in [0.1, 0.15) is 24.6 Å². The number of carbonyl (C=O) groups excluding carboxylic acids is 1. The van der Waals surface area contributed by atoms with Crippen LogP contribution in [0, 0.1) is 6.92 Å². The van der Waals surface area contributed by atoms with Gasteiger partial charge in [0.05, 0.1) is 0 Å². The van der Waals surface area contributed by atoms with Crippen LogP contribution in [0.3, 0.4) is 0 Å². The summed E-state index contributed by atoms with van der Waals surface area (Å²) >= 11 is 1.16. The van der Waals surface area contributed by atoms with Crippen molar-refractivity contribution in [3.05, 3.63) is 17.0 Å². The van der Waals surface area contributed by atoms with Crippen LogP contribution in [0.5, 0.6) is 0 Å². The first-order valence-electron chi connectivity index (χ1n) is 6.85. The lowest BCUT2D eigenvalue weighted by molar-refractivity contribution is -0.141. The van der Waals surface area contributed by atoms with Crippen molar-refractivity contribution in [3.8, 4) is 0 Å². The molecule has 2 heterocycles. The van der Waals surface area contributed by atoms with E-state index in [1.54, 1.807) is 6.07 Å². The molecule has 9 heteroatoms. The molecular formula is C13H18N2O5S2. The number of carboxylic acid groups (broad SMARTS) is 1. The molecule has 2 rings (SSSR count). The Balaban J connectivity index is 2.20. The van der Waals surface area contributed by atoms with Gasteiger partial charge >= 0.3 is 5.97 Å². The molecule has 0 aromatic carbocycles. The Labute approximate surface area is 133 Å². The van der Waals surface area contributed by atoms with Gasteiger partial charge in [-0.15, -0.1) is 11.3 Å². The van der Waals surface area contributed by atoms with Gasteiger partial charge in [-0.05, 0) is 38.8 Å². The van der Waals surface area contributed by atoms with Crippen LogP contribution in [-0.2, 0) is 19.6 Å². The molecule has 1 aliphatic heterocycles. The van der Waals surface area contributed by atoms with Crippen molar-refractivity contribution in [3.63, 3.8) is 0 Å². The smallest absolute Gasteiger partial charge is 0.325 e. The Kier molecular flexibility index (Phi) is 4.88. The van der Waals surface area contributed by atoms with E-state index < -0.39 is 34.0 Å². The van der Waals surface area contributed by atoms with E-state index in [0.29, 0.717) is 12.8 Å². The highest BCUT2D eigenvalue weighted by atomic mass is 32.2. The zero-order chi connectivity index (χ0) is 16.5. The Morgan fingerprint density at radius 1 is 1.45 bits per heavy atom. The van der Waals surface area contributed by atoms with E-state index in [-0.39, 0.29) is 10.8 Å². The molecule has 2 atom stereocenters. The standard InChI is InChI=1S/C13H18N2O5S2/c1-8-5-6-11(21-8)22(19,20)15-7-3-4-10(15)12(16)14-9(2)13(17)18/h5-6,9-10H,3-4,7H2,1-2H3,(H,14,16)(H,17,18)/t9-,10?/m1/s1. The predicted octanol–water partition coefficient (Wildman–Crippen LogP) is 0.799. The van der Waals surface area contributed by atoms with Crippen molar-refractivity contribution < 1.29 is 23.1 Å². The summed E-state index contributed by atoms with van der Waals surface area (Å²) < 4.78 is 26.6. The third-order valence-corrected chi connectivity index (χ3v) is 6.89. The first-order chi connectivity index (χ1) is 10.2. The highest BCUT2D eigenvalue weighted by Gasteiger charge is 2.40. The van der Waals surface area contributed by atoms with Crippen LogP contribution >= 0.6 is 11.3 Å². The molecule has 1 aromatic heterocycles. The van der Waals surface area contributed by atoms with Crippen LogP contribution in [0.2, 0.25) is 0 Å². The first kappa shape index (κ1) is 16.9. The Morgan fingerprint density at radius 2 is 2.14 bits per heavy atom.